The molecule has 0 aliphatic rings. The quantitative estimate of drug-likeness (QED) is 0.747. The first-order valence-electron chi connectivity index (χ1n) is 7.23. The van der Waals surface area contributed by atoms with Crippen LogP contribution in [0, 0.1) is 5.82 Å². The molecule has 122 valence electrons. The SMILES string of the molecule is O=C(Nc1nnc(Cc2ccccc2F)s1)C(O)c1ccccc1. The summed E-state index contributed by atoms with van der Waals surface area (Å²) in [6.45, 7) is 0. The van der Waals surface area contributed by atoms with Gasteiger partial charge in [0.05, 0.1) is 0 Å². The minimum absolute atomic E-state index is 0.265. The highest BCUT2D eigenvalue weighted by Gasteiger charge is 2.19. The average molecular weight is 343 g/mol. The third-order valence-corrected chi connectivity index (χ3v) is 4.20. The lowest BCUT2D eigenvalue weighted by atomic mass is 10.1. The molecule has 7 heteroatoms. The third-order valence-electron chi connectivity index (χ3n) is 3.36. The molecule has 3 aromatic rings. The average Bonchev–Trinajstić information content (AvgIpc) is 3.04. The Kier molecular flexibility index (Phi) is 4.93. The fourth-order valence-corrected chi connectivity index (χ4v) is 2.91. The normalized spacial score (nSPS) is 11.9. The summed E-state index contributed by atoms with van der Waals surface area (Å²) in [5.74, 6) is -0.896. The Hall–Kier alpha value is -2.64. The van der Waals surface area contributed by atoms with E-state index in [4.69, 9.17) is 0 Å². The maximum Gasteiger partial charge on any atom is 0.259 e. The Bertz CT molecular complexity index is 839. The van der Waals surface area contributed by atoms with Crippen molar-refractivity contribution in [3.63, 3.8) is 0 Å². The summed E-state index contributed by atoms with van der Waals surface area (Å²) in [4.78, 5) is 12.1. The fraction of sp³-hybridized carbons (Fsp3) is 0.118. The number of aliphatic hydroxyl groups excluding tert-OH is 1. The van der Waals surface area contributed by atoms with Crippen LogP contribution >= 0.6 is 11.3 Å². The number of carbonyl (C=O) groups excluding carboxylic acids is 1. The summed E-state index contributed by atoms with van der Waals surface area (Å²) in [7, 11) is 0. The Morgan fingerprint density at radius 1 is 1.12 bits per heavy atom. The van der Waals surface area contributed by atoms with Gasteiger partial charge in [0.25, 0.3) is 5.91 Å². The molecule has 1 heterocycles. The summed E-state index contributed by atoms with van der Waals surface area (Å²) < 4.78 is 13.6. The Morgan fingerprint density at radius 3 is 2.58 bits per heavy atom. The number of carbonyl (C=O) groups is 1. The smallest absolute Gasteiger partial charge is 0.259 e. The molecule has 1 amide bonds. The predicted molar refractivity (Wildman–Crippen MR) is 89.1 cm³/mol. The topological polar surface area (TPSA) is 75.1 Å². The molecule has 3 rings (SSSR count). The van der Waals surface area contributed by atoms with E-state index >= 15 is 0 Å². The summed E-state index contributed by atoms with van der Waals surface area (Å²) in [6.07, 6.45) is -0.994. The molecular weight excluding hydrogens is 329 g/mol. The minimum atomic E-state index is -1.29. The number of nitrogens with zero attached hydrogens (tertiary/aromatic N) is 2. The van der Waals surface area contributed by atoms with Crippen LogP contribution in [0.5, 0.6) is 0 Å². The van der Waals surface area contributed by atoms with Crippen LogP contribution in [0.25, 0.3) is 0 Å². The minimum Gasteiger partial charge on any atom is -0.378 e. The molecule has 0 bridgehead atoms. The van der Waals surface area contributed by atoms with E-state index in [9.17, 15) is 14.3 Å². The van der Waals surface area contributed by atoms with Gasteiger partial charge in [-0.1, -0.05) is 59.9 Å². The molecule has 0 radical (unpaired) electrons. The van der Waals surface area contributed by atoms with Gasteiger partial charge < -0.3 is 5.11 Å². The molecule has 1 atom stereocenters. The second kappa shape index (κ2) is 7.29. The summed E-state index contributed by atoms with van der Waals surface area (Å²) >= 11 is 1.15. The zero-order chi connectivity index (χ0) is 16.9. The van der Waals surface area contributed by atoms with Crippen LogP contribution in [0.1, 0.15) is 22.2 Å². The van der Waals surface area contributed by atoms with Gasteiger partial charge in [0.2, 0.25) is 5.13 Å². The largest absolute Gasteiger partial charge is 0.378 e. The number of aliphatic hydroxyl groups is 1. The summed E-state index contributed by atoms with van der Waals surface area (Å²) in [5, 5.41) is 21.2. The van der Waals surface area contributed by atoms with E-state index in [0.29, 0.717) is 22.6 Å². The van der Waals surface area contributed by atoms with Gasteiger partial charge in [-0.15, -0.1) is 10.2 Å². The van der Waals surface area contributed by atoms with Crippen molar-refractivity contribution in [2.24, 2.45) is 0 Å². The second-order valence-electron chi connectivity index (χ2n) is 5.07. The number of anilines is 1. The monoisotopic (exact) mass is 343 g/mol. The molecule has 2 N–H and O–H groups in total. The van der Waals surface area contributed by atoms with Gasteiger partial charge in [0.15, 0.2) is 6.10 Å². The van der Waals surface area contributed by atoms with Gasteiger partial charge in [-0.2, -0.15) is 0 Å². The van der Waals surface area contributed by atoms with Crippen LogP contribution in [0.3, 0.4) is 0 Å². The first-order chi connectivity index (χ1) is 11.6. The van der Waals surface area contributed by atoms with E-state index < -0.39 is 12.0 Å². The van der Waals surface area contributed by atoms with Crippen LogP contribution in [-0.4, -0.2) is 21.2 Å². The highest BCUT2D eigenvalue weighted by molar-refractivity contribution is 7.15. The van der Waals surface area contributed by atoms with Gasteiger partial charge in [-0.05, 0) is 17.2 Å². The molecule has 24 heavy (non-hydrogen) atoms. The molecule has 0 saturated heterocycles. The number of hydrogen-bond acceptors (Lipinski definition) is 5. The number of nitrogens with one attached hydrogen (secondary N) is 1. The van der Waals surface area contributed by atoms with E-state index in [0.717, 1.165) is 11.3 Å². The van der Waals surface area contributed by atoms with Crippen LogP contribution in [0.4, 0.5) is 9.52 Å². The lowest BCUT2D eigenvalue weighted by Gasteiger charge is -2.09. The number of benzene rings is 2. The molecule has 0 aliphatic carbocycles. The Labute approximate surface area is 141 Å². The number of rotatable bonds is 5. The Balaban J connectivity index is 1.66. The first kappa shape index (κ1) is 16.2. The van der Waals surface area contributed by atoms with Crippen LogP contribution in [-0.2, 0) is 11.2 Å². The highest BCUT2D eigenvalue weighted by Crippen LogP contribution is 2.21. The number of hydrogen-bond donors (Lipinski definition) is 2. The fourth-order valence-electron chi connectivity index (χ4n) is 2.14. The molecule has 0 spiro atoms. The molecule has 1 aromatic heterocycles. The van der Waals surface area contributed by atoms with Crippen molar-refractivity contribution in [1.82, 2.24) is 10.2 Å². The van der Waals surface area contributed by atoms with Gasteiger partial charge >= 0.3 is 0 Å². The maximum atomic E-state index is 13.6. The van der Waals surface area contributed by atoms with Crippen molar-refractivity contribution >= 4 is 22.4 Å². The molecule has 2 aromatic carbocycles. The zero-order valence-corrected chi connectivity index (χ0v) is 13.3. The van der Waals surface area contributed by atoms with Crippen molar-refractivity contribution in [3.05, 3.63) is 76.5 Å². The molecule has 0 fully saturated rings. The number of halogens is 1. The van der Waals surface area contributed by atoms with E-state index in [2.05, 4.69) is 15.5 Å². The van der Waals surface area contributed by atoms with Crippen molar-refractivity contribution in [2.45, 2.75) is 12.5 Å². The van der Waals surface area contributed by atoms with Crippen molar-refractivity contribution in [1.29, 1.82) is 0 Å². The van der Waals surface area contributed by atoms with Crippen molar-refractivity contribution in [3.8, 4) is 0 Å². The standard InChI is InChI=1S/C17H14FN3O2S/c18-13-9-5-4-8-12(13)10-14-20-21-17(24-14)19-16(23)15(22)11-6-2-1-3-7-11/h1-9,15,22H,10H2,(H,19,21,23). The summed E-state index contributed by atoms with van der Waals surface area (Å²) in [5.41, 5.74) is 1.00. The van der Waals surface area contributed by atoms with Gasteiger partial charge in [-0.25, -0.2) is 4.39 Å². The molecule has 5 nitrogen and oxygen atoms in total. The third kappa shape index (κ3) is 3.81. The van der Waals surface area contributed by atoms with Gasteiger partial charge in [-0.3, -0.25) is 10.1 Å². The molecular formula is C17H14FN3O2S. The van der Waals surface area contributed by atoms with E-state index in [1.165, 1.54) is 6.07 Å². The molecule has 1 unspecified atom stereocenters. The van der Waals surface area contributed by atoms with Crippen molar-refractivity contribution in [2.75, 3.05) is 5.32 Å². The summed E-state index contributed by atoms with van der Waals surface area (Å²) in [6, 6.07) is 15.0. The second-order valence-corrected chi connectivity index (χ2v) is 6.13. The number of amides is 1. The zero-order valence-electron chi connectivity index (χ0n) is 12.5. The molecule has 0 saturated carbocycles. The lowest BCUT2D eigenvalue weighted by Crippen LogP contribution is -2.20. The van der Waals surface area contributed by atoms with Crippen LogP contribution < -0.4 is 5.32 Å². The predicted octanol–water partition coefficient (Wildman–Crippen LogP) is 2.94. The van der Waals surface area contributed by atoms with E-state index in [1.807, 2.05) is 0 Å². The van der Waals surface area contributed by atoms with Crippen molar-refractivity contribution < 1.29 is 14.3 Å². The Morgan fingerprint density at radius 2 is 1.83 bits per heavy atom. The number of aromatic nitrogens is 2. The van der Waals surface area contributed by atoms with Gasteiger partial charge in [0, 0.05) is 6.42 Å². The lowest BCUT2D eigenvalue weighted by molar-refractivity contribution is -0.124. The van der Waals surface area contributed by atoms with E-state index in [-0.39, 0.29) is 10.9 Å². The molecule has 0 aliphatic heterocycles. The first-order valence-corrected chi connectivity index (χ1v) is 8.05. The van der Waals surface area contributed by atoms with E-state index in [1.54, 1.807) is 48.5 Å². The maximum absolute atomic E-state index is 13.6. The van der Waals surface area contributed by atoms with Crippen LogP contribution in [0.2, 0.25) is 0 Å². The van der Waals surface area contributed by atoms with Gasteiger partial charge in [0.1, 0.15) is 10.8 Å². The highest BCUT2D eigenvalue weighted by atomic mass is 32.1. The van der Waals surface area contributed by atoms with Crippen LogP contribution in [0.15, 0.2) is 54.6 Å².